The Balaban J connectivity index is 2.90. The molecule has 0 aliphatic rings. The van der Waals surface area contributed by atoms with Crippen molar-refractivity contribution in [1.82, 2.24) is 0 Å². The molecule has 0 fully saturated rings. The second kappa shape index (κ2) is 5.84. The third kappa shape index (κ3) is 3.31. The standard InChI is InChI=1S/C15H22N2/c1-10(2)12-5-7-13(8-6-12)15(17)14(9-16)11(3)4/h5-8,10-11,14-15H,17H2,1-4H3. The predicted octanol–water partition coefficient (Wildman–Crippen LogP) is 3.61. The maximum Gasteiger partial charge on any atom is 0.0679 e. The van der Waals surface area contributed by atoms with Crippen LogP contribution in [0.25, 0.3) is 0 Å². The predicted molar refractivity (Wildman–Crippen MR) is 71.4 cm³/mol. The van der Waals surface area contributed by atoms with Crippen LogP contribution in [0.2, 0.25) is 0 Å². The molecule has 2 nitrogen and oxygen atoms in total. The largest absolute Gasteiger partial charge is 0.323 e. The highest BCUT2D eigenvalue weighted by Crippen LogP contribution is 2.26. The van der Waals surface area contributed by atoms with Crippen molar-refractivity contribution in [2.75, 3.05) is 0 Å². The van der Waals surface area contributed by atoms with E-state index in [4.69, 9.17) is 11.0 Å². The van der Waals surface area contributed by atoms with Gasteiger partial charge in [-0.1, -0.05) is 52.0 Å². The molecule has 0 amide bonds. The molecule has 1 rings (SSSR count). The van der Waals surface area contributed by atoms with E-state index in [9.17, 15) is 0 Å². The first-order valence-corrected chi connectivity index (χ1v) is 6.22. The van der Waals surface area contributed by atoms with Crippen molar-refractivity contribution < 1.29 is 0 Å². The maximum absolute atomic E-state index is 9.14. The van der Waals surface area contributed by atoms with Crippen LogP contribution in [0.5, 0.6) is 0 Å². The summed E-state index contributed by atoms with van der Waals surface area (Å²) in [7, 11) is 0. The van der Waals surface area contributed by atoms with E-state index >= 15 is 0 Å². The van der Waals surface area contributed by atoms with E-state index in [1.54, 1.807) is 0 Å². The first kappa shape index (κ1) is 13.7. The minimum absolute atomic E-state index is 0.125. The van der Waals surface area contributed by atoms with Crippen LogP contribution in [0.3, 0.4) is 0 Å². The van der Waals surface area contributed by atoms with Gasteiger partial charge in [-0.3, -0.25) is 0 Å². The number of rotatable bonds is 4. The molecular weight excluding hydrogens is 208 g/mol. The molecule has 1 aromatic carbocycles. The molecule has 0 saturated heterocycles. The van der Waals surface area contributed by atoms with E-state index in [-0.39, 0.29) is 17.9 Å². The highest BCUT2D eigenvalue weighted by molar-refractivity contribution is 5.28. The Bertz CT molecular complexity index is 384. The molecule has 2 unspecified atom stereocenters. The molecular formula is C15H22N2. The van der Waals surface area contributed by atoms with E-state index in [0.29, 0.717) is 5.92 Å². The zero-order chi connectivity index (χ0) is 13.0. The average Bonchev–Trinajstić information content (AvgIpc) is 2.29. The summed E-state index contributed by atoms with van der Waals surface area (Å²) in [6, 6.07) is 10.4. The number of nitriles is 1. The number of hydrogen-bond donors (Lipinski definition) is 1. The quantitative estimate of drug-likeness (QED) is 0.859. The van der Waals surface area contributed by atoms with Crippen LogP contribution in [0.15, 0.2) is 24.3 Å². The molecule has 0 heterocycles. The van der Waals surface area contributed by atoms with Crippen molar-refractivity contribution in [3.05, 3.63) is 35.4 Å². The van der Waals surface area contributed by atoms with Gasteiger partial charge in [0.1, 0.15) is 0 Å². The fourth-order valence-corrected chi connectivity index (χ4v) is 1.95. The molecule has 0 aliphatic heterocycles. The molecule has 0 radical (unpaired) electrons. The zero-order valence-electron chi connectivity index (χ0n) is 11.1. The van der Waals surface area contributed by atoms with Gasteiger partial charge in [0.2, 0.25) is 0 Å². The molecule has 2 N–H and O–H groups in total. The molecule has 1 aromatic rings. The summed E-state index contributed by atoms with van der Waals surface area (Å²) < 4.78 is 0. The van der Waals surface area contributed by atoms with Crippen LogP contribution < -0.4 is 5.73 Å². The van der Waals surface area contributed by atoms with Crippen LogP contribution >= 0.6 is 0 Å². The van der Waals surface area contributed by atoms with E-state index in [1.165, 1.54) is 5.56 Å². The summed E-state index contributed by atoms with van der Waals surface area (Å²) in [4.78, 5) is 0. The smallest absolute Gasteiger partial charge is 0.0679 e. The minimum Gasteiger partial charge on any atom is -0.323 e. The maximum atomic E-state index is 9.14. The summed E-state index contributed by atoms with van der Waals surface area (Å²) in [6.45, 7) is 8.41. The Morgan fingerprint density at radius 2 is 1.47 bits per heavy atom. The molecule has 0 spiro atoms. The molecule has 0 bridgehead atoms. The van der Waals surface area contributed by atoms with E-state index < -0.39 is 0 Å². The third-order valence-corrected chi connectivity index (χ3v) is 3.24. The molecule has 0 aliphatic carbocycles. The highest BCUT2D eigenvalue weighted by Gasteiger charge is 2.22. The van der Waals surface area contributed by atoms with Gasteiger partial charge in [-0.25, -0.2) is 0 Å². The lowest BCUT2D eigenvalue weighted by atomic mass is 9.85. The average molecular weight is 230 g/mol. The molecule has 92 valence electrons. The van der Waals surface area contributed by atoms with Crippen LogP contribution in [0, 0.1) is 23.2 Å². The number of benzene rings is 1. The third-order valence-electron chi connectivity index (χ3n) is 3.24. The van der Waals surface area contributed by atoms with Gasteiger partial charge < -0.3 is 5.73 Å². The second-order valence-electron chi connectivity index (χ2n) is 5.25. The SMILES string of the molecule is CC(C)c1ccc(C(N)C(C#N)C(C)C)cc1. The van der Waals surface area contributed by atoms with Gasteiger partial charge in [0.15, 0.2) is 0 Å². The van der Waals surface area contributed by atoms with Crippen molar-refractivity contribution in [3.8, 4) is 6.07 Å². The Labute approximate surface area is 104 Å². The topological polar surface area (TPSA) is 49.8 Å². The van der Waals surface area contributed by atoms with E-state index in [0.717, 1.165) is 5.56 Å². The normalized spacial score (nSPS) is 14.7. The second-order valence-corrected chi connectivity index (χ2v) is 5.25. The van der Waals surface area contributed by atoms with Gasteiger partial charge >= 0.3 is 0 Å². The Hall–Kier alpha value is -1.33. The lowest BCUT2D eigenvalue weighted by Gasteiger charge is -2.21. The lowest BCUT2D eigenvalue weighted by Crippen LogP contribution is -2.24. The van der Waals surface area contributed by atoms with E-state index in [1.807, 2.05) is 26.0 Å². The highest BCUT2D eigenvalue weighted by atomic mass is 14.7. The van der Waals surface area contributed by atoms with Crippen molar-refractivity contribution in [2.45, 2.75) is 39.7 Å². The number of nitrogens with two attached hydrogens (primary N) is 1. The van der Waals surface area contributed by atoms with Gasteiger partial charge in [-0.15, -0.1) is 0 Å². The van der Waals surface area contributed by atoms with Gasteiger partial charge in [-0.2, -0.15) is 5.26 Å². The van der Waals surface area contributed by atoms with Crippen molar-refractivity contribution in [1.29, 1.82) is 5.26 Å². The van der Waals surface area contributed by atoms with E-state index in [2.05, 4.69) is 32.0 Å². The van der Waals surface area contributed by atoms with Crippen molar-refractivity contribution in [3.63, 3.8) is 0 Å². The van der Waals surface area contributed by atoms with Crippen LogP contribution in [-0.4, -0.2) is 0 Å². The van der Waals surface area contributed by atoms with Crippen molar-refractivity contribution in [2.24, 2.45) is 17.6 Å². The molecule has 2 atom stereocenters. The summed E-state index contributed by atoms with van der Waals surface area (Å²) in [5, 5.41) is 9.14. The van der Waals surface area contributed by atoms with Gasteiger partial charge in [0.05, 0.1) is 12.0 Å². The summed E-state index contributed by atoms with van der Waals surface area (Å²) in [5.41, 5.74) is 8.51. The Morgan fingerprint density at radius 1 is 1.00 bits per heavy atom. The Morgan fingerprint density at radius 3 is 1.82 bits per heavy atom. The summed E-state index contributed by atoms with van der Waals surface area (Å²) in [6.07, 6.45) is 0. The molecule has 0 aromatic heterocycles. The lowest BCUT2D eigenvalue weighted by molar-refractivity contribution is 0.403. The molecule has 2 heteroatoms. The summed E-state index contributed by atoms with van der Waals surface area (Å²) >= 11 is 0. The van der Waals surface area contributed by atoms with Gasteiger partial charge in [0, 0.05) is 6.04 Å². The number of nitrogens with zero attached hydrogens (tertiary/aromatic N) is 1. The first-order valence-electron chi connectivity index (χ1n) is 6.22. The zero-order valence-corrected chi connectivity index (χ0v) is 11.1. The monoisotopic (exact) mass is 230 g/mol. The fraction of sp³-hybridized carbons (Fsp3) is 0.533. The fourth-order valence-electron chi connectivity index (χ4n) is 1.95. The minimum atomic E-state index is -0.193. The van der Waals surface area contributed by atoms with Crippen LogP contribution in [0.1, 0.15) is 50.8 Å². The molecule has 0 saturated carbocycles. The van der Waals surface area contributed by atoms with Gasteiger partial charge in [0.25, 0.3) is 0 Å². The summed E-state index contributed by atoms with van der Waals surface area (Å²) in [5.74, 6) is 0.678. The van der Waals surface area contributed by atoms with Gasteiger partial charge in [-0.05, 0) is 23.0 Å². The first-order chi connectivity index (χ1) is 7.97. The number of hydrogen-bond acceptors (Lipinski definition) is 2. The van der Waals surface area contributed by atoms with Crippen molar-refractivity contribution >= 4 is 0 Å². The molecule has 17 heavy (non-hydrogen) atoms. The Kier molecular flexibility index (Phi) is 4.72. The van der Waals surface area contributed by atoms with Crippen LogP contribution in [-0.2, 0) is 0 Å². The van der Waals surface area contributed by atoms with Crippen LogP contribution in [0.4, 0.5) is 0 Å².